The number of hydrogen-bond donors (Lipinski definition) is 2. The maximum atomic E-state index is 14.0. The van der Waals surface area contributed by atoms with Crippen molar-refractivity contribution in [2.45, 2.75) is 19.9 Å². The van der Waals surface area contributed by atoms with Crippen molar-refractivity contribution in [2.24, 2.45) is 0 Å². The first-order valence-corrected chi connectivity index (χ1v) is 9.89. The second-order valence-electron chi connectivity index (χ2n) is 6.51. The number of nitrogens with zero attached hydrogens (tertiary/aromatic N) is 2. The van der Waals surface area contributed by atoms with Crippen molar-refractivity contribution in [3.8, 4) is 11.3 Å². The van der Waals surface area contributed by atoms with Gasteiger partial charge >= 0.3 is 0 Å². The van der Waals surface area contributed by atoms with Crippen LogP contribution in [0, 0.1) is 12.7 Å². The van der Waals surface area contributed by atoms with Crippen LogP contribution in [-0.4, -0.2) is 15.0 Å². The Balaban J connectivity index is 1.67. The number of thiophene rings is 1. The minimum atomic E-state index is -0.561. The normalized spacial score (nSPS) is 12.3. The zero-order valence-electron chi connectivity index (χ0n) is 15.1. The van der Waals surface area contributed by atoms with Gasteiger partial charge in [0.15, 0.2) is 0 Å². The predicted octanol–water partition coefficient (Wildman–Crippen LogP) is 5.32. The average Bonchev–Trinajstić information content (AvgIpc) is 3.08. The molecule has 0 amide bonds. The third-order valence-corrected chi connectivity index (χ3v) is 5.58. The third kappa shape index (κ3) is 3.50. The third-order valence-electron chi connectivity index (χ3n) is 4.50. The van der Waals surface area contributed by atoms with Gasteiger partial charge in [-0.1, -0.05) is 11.6 Å². The molecule has 0 saturated carbocycles. The number of aromatic amines is 1. The molecule has 0 saturated heterocycles. The zero-order valence-corrected chi connectivity index (χ0v) is 16.7. The van der Waals surface area contributed by atoms with Gasteiger partial charge in [-0.25, -0.2) is 14.4 Å². The number of aromatic nitrogens is 3. The summed E-state index contributed by atoms with van der Waals surface area (Å²) in [5, 5.41) is 8.04. The van der Waals surface area contributed by atoms with E-state index < -0.39 is 11.9 Å². The number of nitrogens with one attached hydrogen (secondary N) is 2. The van der Waals surface area contributed by atoms with Crippen molar-refractivity contribution in [3.63, 3.8) is 0 Å². The van der Waals surface area contributed by atoms with Crippen LogP contribution in [0.2, 0.25) is 5.02 Å². The van der Waals surface area contributed by atoms with Crippen molar-refractivity contribution < 1.29 is 4.39 Å². The highest BCUT2D eigenvalue weighted by Crippen LogP contribution is 2.27. The molecule has 1 unspecified atom stereocenters. The van der Waals surface area contributed by atoms with E-state index in [-0.39, 0.29) is 16.1 Å². The lowest BCUT2D eigenvalue weighted by molar-refractivity contribution is 0.636. The summed E-state index contributed by atoms with van der Waals surface area (Å²) < 4.78 is 14.0. The number of anilines is 1. The molecule has 2 N–H and O–H groups in total. The first kappa shape index (κ1) is 18.6. The number of H-pyrrole nitrogens is 1. The topological polar surface area (TPSA) is 70.7 Å². The van der Waals surface area contributed by atoms with Crippen LogP contribution < -0.4 is 10.9 Å². The fourth-order valence-corrected chi connectivity index (χ4v) is 4.11. The van der Waals surface area contributed by atoms with Gasteiger partial charge in [0.2, 0.25) is 5.95 Å². The van der Waals surface area contributed by atoms with Gasteiger partial charge in [-0.2, -0.15) is 11.3 Å². The summed E-state index contributed by atoms with van der Waals surface area (Å²) in [6.45, 7) is 3.85. The summed E-state index contributed by atoms with van der Waals surface area (Å²) in [6.07, 6.45) is 1.67. The Labute approximate surface area is 169 Å². The Hall–Kier alpha value is -2.77. The Morgan fingerprint density at radius 2 is 2.11 bits per heavy atom. The number of rotatable bonds is 4. The Bertz CT molecular complexity index is 1240. The SMILES string of the molecule is Cc1cscc1-c1ccnc(NC(C)c2cc3cc(Cl)cc(F)c3[nH]c2=O)n1. The highest BCUT2D eigenvalue weighted by molar-refractivity contribution is 7.08. The summed E-state index contributed by atoms with van der Waals surface area (Å²) in [6, 6.07) is 5.87. The first-order chi connectivity index (χ1) is 13.4. The molecule has 0 aliphatic carbocycles. The molecule has 3 aromatic heterocycles. The minimum absolute atomic E-state index is 0.136. The van der Waals surface area contributed by atoms with Crippen LogP contribution in [0.25, 0.3) is 22.2 Å². The number of halogens is 2. The molecule has 4 aromatic rings. The summed E-state index contributed by atoms with van der Waals surface area (Å²) in [4.78, 5) is 23.9. The van der Waals surface area contributed by atoms with Crippen LogP contribution in [0.4, 0.5) is 10.3 Å². The van der Waals surface area contributed by atoms with E-state index in [1.807, 2.05) is 25.3 Å². The number of pyridine rings is 1. The van der Waals surface area contributed by atoms with Crippen molar-refractivity contribution >= 4 is 39.8 Å². The van der Waals surface area contributed by atoms with E-state index >= 15 is 0 Å². The monoisotopic (exact) mass is 414 g/mol. The van der Waals surface area contributed by atoms with Crippen LogP contribution in [0.3, 0.4) is 0 Å². The van der Waals surface area contributed by atoms with Gasteiger partial charge in [-0.3, -0.25) is 4.79 Å². The Morgan fingerprint density at radius 1 is 1.29 bits per heavy atom. The highest BCUT2D eigenvalue weighted by Gasteiger charge is 2.15. The van der Waals surface area contributed by atoms with Crippen molar-refractivity contribution in [1.29, 1.82) is 0 Å². The van der Waals surface area contributed by atoms with E-state index in [9.17, 15) is 9.18 Å². The molecule has 8 heteroatoms. The molecule has 0 radical (unpaired) electrons. The molecule has 1 aromatic carbocycles. The Morgan fingerprint density at radius 3 is 2.86 bits per heavy atom. The Kier molecular flexibility index (Phi) is 4.87. The fourth-order valence-electron chi connectivity index (χ4n) is 3.05. The molecular weight excluding hydrogens is 399 g/mol. The molecule has 5 nitrogen and oxygen atoms in total. The zero-order chi connectivity index (χ0) is 19.8. The molecule has 0 aliphatic rings. The molecule has 142 valence electrons. The van der Waals surface area contributed by atoms with Gasteiger partial charge in [0.25, 0.3) is 5.56 Å². The second-order valence-corrected chi connectivity index (χ2v) is 7.69. The lowest BCUT2D eigenvalue weighted by atomic mass is 10.1. The van der Waals surface area contributed by atoms with Gasteiger partial charge in [0, 0.05) is 33.1 Å². The largest absolute Gasteiger partial charge is 0.347 e. The van der Waals surface area contributed by atoms with Gasteiger partial charge in [-0.05, 0) is 49.1 Å². The predicted molar refractivity (Wildman–Crippen MR) is 112 cm³/mol. The van der Waals surface area contributed by atoms with E-state index in [2.05, 4.69) is 25.6 Å². The molecule has 4 rings (SSSR count). The van der Waals surface area contributed by atoms with Crippen LogP contribution in [-0.2, 0) is 0 Å². The van der Waals surface area contributed by atoms with Crippen molar-refractivity contribution in [1.82, 2.24) is 15.0 Å². The van der Waals surface area contributed by atoms with Crippen LogP contribution in [0.5, 0.6) is 0 Å². The molecule has 0 fully saturated rings. The van der Waals surface area contributed by atoms with E-state index in [0.29, 0.717) is 16.9 Å². The lowest BCUT2D eigenvalue weighted by Crippen LogP contribution is -2.20. The van der Waals surface area contributed by atoms with Crippen molar-refractivity contribution in [2.75, 3.05) is 5.32 Å². The molecule has 0 spiro atoms. The number of aryl methyl sites for hydroxylation is 1. The number of hydrogen-bond acceptors (Lipinski definition) is 5. The van der Waals surface area contributed by atoms with Gasteiger partial charge in [-0.15, -0.1) is 0 Å². The fraction of sp³-hybridized carbons (Fsp3) is 0.150. The van der Waals surface area contributed by atoms with Crippen LogP contribution in [0.15, 0.2) is 46.0 Å². The number of fused-ring (bicyclic) bond motifs is 1. The summed E-state index contributed by atoms with van der Waals surface area (Å²) in [5.74, 6) is -0.152. The number of benzene rings is 1. The van der Waals surface area contributed by atoms with Crippen LogP contribution >= 0.6 is 22.9 Å². The van der Waals surface area contributed by atoms with E-state index in [0.717, 1.165) is 16.8 Å². The molecule has 0 bridgehead atoms. The van der Waals surface area contributed by atoms with Gasteiger partial charge in [0.05, 0.1) is 17.3 Å². The van der Waals surface area contributed by atoms with Gasteiger partial charge < -0.3 is 10.3 Å². The van der Waals surface area contributed by atoms with E-state index in [1.54, 1.807) is 29.7 Å². The first-order valence-electron chi connectivity index (χ1n) is 8.57. The maximum Gasteiger partial charge on any atom is 0.253 e. The molecule has 3 heterocycles. The molecule has 1 atom stereocenters. The van der Waals surface area contributed by atoms with Crippen molar-refractivity contribution in [3.05, 3.63) is 73.5 Å². The lowest BCUT2D eigenvalue weighted by Gasteiger charge is -2.15. The molecule has 0 aliphatic heterocycles. The minimum Gasteiger partial charge on any atom is -0.347 e. The van der Waals surface area contributed by atoms with Crippen LogP contribution in [0.1, 0.15) is 24.1 Å². The summed E-state index contributed by atoms with van der Waals surface area (Å²) in [5.41, 5.74) is 3.21. The molecular formula is C20H16ClFN4OS. The molecule has 28 heavy (non-hydrogen) atoms. The average molecular weight is 415 g/mol. The van der Waals surface area contributed by atoms with E-state index in [1.165, 1.54) is 6.07 Å². The quantitative estimate of drug-likeness (QED) is 0.474. The highest BCUT2D eigenvalue weighted by atomic mass is 35.5. The van der Waals surface area contributed by atoms with E-state index in [4.69, 9.17) is 11.6 Å². The maximum absolute atomic E-state index is 14.0. The summed E-state index contributed by atoms with van der Waals surface area (Å²) in [7, 11) is 0. The smallest absolute Gasteiger partial charge is 0.253 e. The summed E-state index contributed by atoms with van der Waals surface area (Å²) >= 11 is 7.55. The van der Waals surface area contributed by atoms with Gasteiger partial charge in [0.1, 0.15) is 5.82 Å². The standard InChI is InChI=1S/C20H16ClFN4OS/c1-10-8-28-9-15(10)17-3-4-23-20(25-17)24-11(2)14-6-12-5-13(21)7-16(22)18(12)26-19(14)27/h3-9,11H,1-2H3,(H,26,27)(H,23,24,25). The second kappa shape index (κ2) is 7.33.